The Bertz CT molecular complexity index is 5510. The van der Waals surface area contributed by atoms with Gasteiger partial charge < -0.3 is 69.5 Å². The number of likely N-dealkylation sites (N-methyl/N-ethyl adjacent to an activating group) is 1. The number of hydrogen-bond acceptors (Lipinski definition) is 26. The maximum absolute atomic E-state index is 14.2. The number of nitrogens with one attached hydrogen (secondary N) is 8. The molecule has 8 aliphatic rings. The fourth-order valence-corrected chi connectivity index (χ4v) is 16.4. The standard InChI is InChI=1S/C36H48N6O8.C31H39N5O7.C31H41N5O5/c1-21(2)29-31(44)38-23(4)32(45)42-16-8-9-27(40-42)30(43)37-22(3)26-13-12-25-11-10-24(19-28(25)39-26)14-15-36(33(46)49-29)20-41(17-18-48-36)34(47)50-35(5,6)7;1-18(2)26-28(38)33-20(4)29(39)36-13-5-6-24(35-36)27(37)32-19(3)23-10-9-22-8-7-21(16-25(22)34-23)11-12-31(30(40)43-26)17-41-14-15-42-31;1-18(2)26-27(37)32-19(3)28(38)36-16-8-9-24(34-36)29(39)35(7)20(4)23-13-12-22-11-10-21(17-25(22)33-23)14-15-31(5,6)30(40)41-26/h10-15,19,21-23,27,29,40H,8-9,16-18,20H2,1-7H3,(H,37,43)(H,38,44);7-12,16,18-20,24,26,35H,5-6,13-15,17H2,1-4H3,(H,32,37)(H,33,38);10-15,17-20,24,26,34H,8-9,16H2,1-7H3,(H,32,37)/b15-14+;12-11+;15-14+/t22-,23+,27+,29+,36?;19-,20+,24+,26+,31?;19-,20+,24-,26-/m110/s1. The zero-order valence-electron chi connectivity index (χ0n) is 79.6. The number of cyclic esters (lactones) is 3. The summed E-state index contributed by atoms with van der Waals surface area (Å²) in [6.07, 6.45) is 9.38. The monoisotopic (exact) mass is 1850 g/mol. The number of hydrazine groups is 3. The summed E-state index contributed by atoms with van der Waals surface area (Å²) >= 11 is 0. The van der Waals surface area contributed by atoms with Crippen molar-refractivity contribution in [2.45, 2.75) is 246 Å². The van der Waals surface area contributed by atoms with Crippen molar-refractivity contribution in [3.8, 4) is 0 Å². The van der Waals surface area contributed by atoms with E-state index in [2.05, 4.69) is 42.9 Å². The first-order valence-electron chi connectivity index (χ1n) is 46.2. The molecule has 6 aromatic rings. The Morgan fingerprint density at radius 2 is 0.799 bits per heavy atom. The van der Waals surface area contributed by atoms with E-state index in [-0.39, 0.29) is 68.5 Å². The summed E-state index contributed by atoms with van der Waals surface area (Å²) in [5.41, 5.74) is 10.4. The van der Waals surface area contributed by atoms with Crippen molar-refractivity contribution in [1.82, 2.24) is 82.6 Å². The van der Waals surface area contributed by atoms with Gasteiger partial charge in [0.2, 0.25) is 28.9 Å². The largest absolute Gasteiger partial charge is 0.451 e. The summed E-state index contributed by atoms with van der Waals surface area (Å²) in [6, 6.07) is 22.7. The van der Waals surface area contributed by atoms with E-state index < -0.39 is 154 Å². The molecule has 8 aliphatic heterocycles. The van der Waals surface area contributed by atoms with Crippen molar-refractivity contribution in [3.63, 3.8) is 0 Å². The van der Waals surface area contributed by atoms with E-state index in [0.29, 0.717) is 92.8 Å². The van der Waals surface area contributed by atoms with Crippen molar-refractivity contribution >= 4 is 128 Å². The second-order valence-electron chi connectivity index (χ2n) is 38.1. The Hall–Kier alpha value is -12.2. The predicted octanol–water partition coefficient (Wildman–Crippen LogP) is 8.18. The van der Waals surface area contributed by atoms with E-state index in [1.54, 1.807) is 126 Å². The van der Waals surface area contributed by atoms with Gasteiger partial charge in [0.1, 0.15) is 41.9 Å². The molecular weight excluding hydrogens is 1720 g/mol. The van der Waals surface area contributed by atoms with Crippen LogP contribution >= 0.6 is 0 Å². The van der Waals surface area contributed by atoms with Crippen LogP contribution < -0.4 is 42.9 Å². The average Bonchev–Trinajstić information content (AvgIpc) is 0.827. The summed E-state index contributed by atoms with van der Waals surface area (Å²) in [5.74, 6) is -7.13. The second kappa shape index (κ2) is 43.0. The van der Waals surface area contributed by atoms with E-state index in [1.165, 1.54) is 32.9 Å². The lowest BCUT2D eigenvalue weighted by Crippen LogP contribution is -2.61. The number of amides is 10. The normalized spacial score (nSPS) is 28.4. The summed E-state index contributed by atoms with van der Waals surface area (Å²) in [5, 5.41) is 20.9. The molecule has 720 valence electrons. The summed E-state index contributed by atoms with van der Waals surface area (Å²) in [4.78, 5) is 192. The maximum atomic E-state index is 14.2. The molecule has 10 amide bonds. The third kappa shape index (κ3) is 24.5. The summed E-state index contributed by atoms with van der Waals surface area (Å²) in [7, 11) is 1.74. The zero-order chi connectivity index (χ0) is 97.2. The Labute approximate surface area is 780 Å². The number of fused-ring (bicyclic) bond motifs is 12. The Balaban J connectivity index is 0.000000182. The molecule has 0 aliphatic carbocycles. The number of aromatic nitrogens is 3. The third-order valence-electron chi connectivity index (χ3n) is 24.6. The van der Waals surface area contributed by atoms with Gasteiger partial charge in [-0.1, -0.05) is 120 Å². The highest BCUT2D eigenvalue weighted by molar-refractivity contribution is 5.96. The summed E-state index contributed by atoms with van der Waals surface area (Å²) in [6.45, 7) is 31.0. The molecule has 36 heteroatoms. The second-order valence-corrected chi connectivity index (χ2v) is 38.1. The molecule has 11 heterocycles. The van der Waals surface area contributed by atoms with Gasteiger partial charge in [-0.25, -0.2) is 30.7 Å². The Kier molecular flexibility index (Phi) is 32.3. The highest BCUT2D eigenvalue weighted by atomic mass is 16.6. The van der Waals surface area contributed by atoms with Crippen LogP contribution in [-0.4, -0.2) is 255 Å². The van der Waals surface area contributed by atoms with E-state index in [1.807, 2.05) is 118 Å². The van der Waals surface area contributed by atoms with Gasteiger partial charge in [-0.3, -0.25) is 77.9 Å². The number of carbonyl (C=O) groups is 13. The van der Waals surface area contributed by atoms with Crippen LogP contribution in [0.5, 0.6) is 0 Å². The number of ether oxygens (including phenoxy) is 7. The minimum atomic E-state index is -1.79. The van der Waals surface area contributed by atoms with Gasteiger partial charge in [0.25, 0.3) is 35.4 Å². The molecule has 14 atom stereocenters. The first kappa shape index (κ1) is 101. The van der Waals surface area contributed by atoms with Gasteiger partial charge in [-0.2, -0.15) is 0 Å². The molecule has 5 saturated heterocycles. The fraction of sp³-hybridized carbons (Fsp3) is 0.531. The highest BCUT2D eigenvalue weighted by Gasteiger charge is 2.50. The van der Waals surface area contributed by atoms with E-state index >= 15 is 0 Å². The molecule has 5 fully saturated rings. The Morgan fingerprint density at radius 1 is 0.433 bits per heavy atom. The lowest BCUT2D eigenvalue weighted by atomic mass is 9.92. The molecule has 0 saturated carbocycles. The van der Waals surface area contributed by atoms with Crippen molar-refractivity contribution in [3.05, 3.63) is 143 Å². The van der Waals surface area contributed by atoms with E-state index in [4.69, 9.17) is 48.1 Å². The van der Waals surface area contributed by atoms with Crippen molar-refractivity contribution in [2.24, 2.45) is 23.2 Å². The minimum Gasteiger partial charge on any atom is -0.451 e. The van der Waals surface area contributed by atoms with Crippen LogP contribution in [0.3, 0.4) is 0 Å². The molecule has 0 radical (unpaired) electrons. The van der Waals surface area contributed by atoms with Gasteiger partial charge in [0, 0.05) is 49.4 Å². The molecule has 36 nitrogen and oxygen atoms in total. The lowest BCUT2D eigenvalue weighted by Gasteiger charge is -2.40. The molecule has 15 bridgehead atoms. The van der Waals surface area contributed by atoms with E-state index in [9.17, 15) is 62.3 Å². The lowest BCUT2D eigenvalue weighted by molar-refractivity contribution is -0.195. The maximum Gasteiger partial charge on any atom is 0.410 e. The SMILES string of the molecule is CC(C)[C@@H]1OC(=O)C(C)(C)/C=C/c2ccc3ccc(nc3c2)[C@@H](C)N(C)C(=O)[C@@H]2CCCN(N2)C(=O)[C@H](C)NC1=O.CC(C)[C@@H]1OC(=O)C2(/C=C/c3ccc4ccc(nc4c3)[C@@H](C)NC(=O)[C@@H]3CCCN(N3)C(=O)[C@H](C)NC1=O)CN(C(=O)OC(C)(C)C)CCO2.CC(C)[C@@H]1OC(=O)C2(/C=C/c3ccc4ccc(nc4c3)[C@@H](C)NC(=O)[C@@H]3CCCN(N3)C(=O)[C@H](C)NC1=O)COCCO2. The number of rotatable bonds is 3. The predicted molar refractivity (Wildman–Crippen MR) is 497 cm³/mol. The van der Waals surface area contributed by atoms with Crippen LogP contribution in [0.15, 0.2) is 109 Å². The molecular formula is C98H128N16O20. The van der Waals surface area contributed by atoms with Gasteiger partial charge in [0.05, 0.1) is 90.1 Å². The van der Waals surface area contributed by atoms with Crippen molar-refractivity contribution in [2.75, 3.05) is 66.2 Å². The minimum absolute atomic E-state index is 0.00116. The van der Waals surface area contributed by atoms with E-state index in [0.717, 1.165) is 38.5 Å². The fourth-order valence-electron chi connectivity index (χ4n) is 16.4. The number of pyridine rings is 3. The number of carbonyl (C=O) groups excluding carboxylic acids is 13. The molecule has 134 heavy (non-hydrogen) atoms. The molecule has 2 unspecified atom stereocenters. The van der Waals surface area contributed by atoms with Gasteiger partial charge >= 0.3 is 24.0 Å². The number of nitrogens with zero attached hydrogens (tertiary/aromatic N) is 8. The van der Waals surface area contributed by atoms with Gasteiger partial charge in [-0.05, 0) is 198 Å². The first-order valence-corrected chi connectivity index (χ1v) is 46.2. The third-order valence-corrected chi connectivity index (χ3v) is 24.6. The number of morpholine rings is 1. The summed E-state index contributed by atoms with van der Waals surface area (Å²) < 4.78 is 40.7. The molecule has 14 rings (SSSR count). The molecule has 3 aromatic heterocycles. The van der Waals surface area contributed by atoms with Crippen LogP contribution in [0.1, 0.15) is 208 Å². The number of benzene rings is 3. The Morgan fingerprint density at radius 3 is 1.22 bits per heavy atom. The smallest absolute Gasteiger partial charge is 0.410 e. The quantitative estimate of drug-likeness (QED) is 0.0611. The topological polar surface area (TPSA) is 438 Å². The van der Waals surface area contributed by atoms with Gasteiger partial charge in [0.15, 0.2) is 18.3 Å². The van der Waals surface area contributed by atoms with Gasteiger partial charge in [-0.15, -0.1) is 0 Å². The highest BCUT2D eigenvalue weighted by Crippen LogP contribution is 2.33. The average molecular weight is 1850 g/mol. The first-order chi connectivity index (χ1) is 63.4. The zero-order valence-corrected chi connectivity index (χ0v) is 79.6. The van der Waals surface area contributed by atoms with Crippen LogP contribution in [0, 0.1) is 23.2 Å². The van der Waals surface area contributed by atoms with Crippen LogP contribution in [0.4, 0.5) is 4.79 Å². The molecule has 8 N–H and O–H groups in total. The van der Waals surface area contributed by atoms with Crippen LogP contribution in [-0.2, 0) is 90.7 Å². The van der Waals surface area contributed by atoms with Crippen molar-refractivity contribution < 1.29 is 95.5 Å². The van der Waals surface area contributed by atoms with Crippen molar-refractivity contribution in [1.29, 1.82) is 0 Å². The molecule has 2 spiro atoms. The number of hydrogen-bond donors (Lipinski definition) is 8. The molecule has 3 aromatic carbocycles. The van der Waals surface area contributed by atoms with Crippen LogP contribution in [0.25, 0.3) is 50.9 Å². The van der Waals surface area contributed by atoms with Crippen LogP contribution in [0.2, 0.25) is 0 Å². The number of esters is 3.